The molecule has 0 aliphatic carbocycles. The lowest BCUT2D eigenvalue weighted by atomic mass is 9.86. The highest BCUT2D eigenvalue weighted by Gasteiger charge is 2.15. The van der Waals surface area contributed by atoms with E-state index in [1.807, 2.05) is 12.1 Å². The van der Waals surface area contributed by atoms with Gasteiger partial charge in [-0.15, -0.1) is 0 Å². The molecule has 0 radical (unpaired) electrons. The Morgan fingerprint density at radius 3 is 2.59 bits per heavy atom. The first-order valence-electron chi connectivity index (χ1n) is 5.52. The number of aromatic nitrogens is 1. The molecule has 0 spiro atoms. The van der Waals surface area contributed by atoms with Crippen molar-refractivity contribution >= 4 is 16.6 Å². The van der Waals surface area contributed by atoms with Crippen LogP contribution in [0.15, 0.2) is 24.4 Å². The Morgan fingerprint density at radius 2 is 2.00 bits per heavy atom. The third-order valence-corrected chi connectivity index (χ3v) is 2.90. The summed E-state index contributed by atoms with van der Waals surface area (Å²) in [6, 6.07) is 8.09. The minimum atomic E-state index is 0.0588. The lowest BCUT2D eigenvalue weighted by Gasteiger charge is -2.19. The summed E-state index contributed by atoms with van der Waals surface area (Å²) in [6.07, 6.45) is 1.52. The van der Waals surface area contributed by atoms with Gasteiger partial charge in [0.1, 0.15) is 6.07 Å². The molecule has 1 aromatic heterocycles. The summed E-state index contributed by atoms with van der Waals surface area (Å²) in [4.78, 5) is 4.23. The zero-order chi connectivity index (χ0) is 12.6. The first kappa shape index (κ1) is 11.4. The number of nitrogens with zero attached hydrogens (tertiary/aromatic N) is 2. The highest BCUT2D eigenvalue weighted by atomic mass is 14.7. The van der Waals surface area contributed by atoms with Gasteiger partial charge in [-0.25, -0.2) is 0 Å². The van der Waals surface area contributed by atoms with Crippen LogP contribution >= 0.6 is 0 Å². The van der Waals surface area contributed by atoms with Crippen molar-refractivity contribution in [2.24, 2.45) is 0 Å². The molecule has 0 aliphatic rings. The van der Waals surface area contributed by atoms with Crippen molar-refractivity contribution in [3.8, 4) is 6.07 Å². The normalized spacial score (nSPS) is 11.4. The van der Waals surface area contributed by atoms with E-state index in [4.69, 9.17) is 11.0 Å². The number of hydrogen-bond donors (Lipinski definition) is 1. The van der Waals surface area contributed by atoms with Gasteiger partial charge < -0.3 is 5.73 Å². The summed E-state index contributed by atoms with van der Waals surface area (Å²) in [7, 11) is 0. The molecule has 0 aliphatic heterocycles. The van der Waals surface area contributed by atoms with E-state index in [1.165, 1.54) is 11.8 Å². The lowest BCUT2D eigenvalue weighted by Crippen LogP contribution is -2.11. The summed E-state index contributed by atoms with van der Waals surface area (Å²) < 4.78 is 0. The Morgan fingerprint density at radius 1 is 1.29 bits per heavy atom. The van der Waals surface area contributed by atoms with E-state index in [0.717, 1.165) is 10.9 Å². The number of benzene rings is 1. The van der Waals surface area contributed by atoms with Gasteiger partial charge in [-0.05, 0) is 23.1 Å². The summed E-state index contributed by atoms with van der Waals surface area (Å²) in [6.45, 7) is 6.43. The second-order valence-electron chi connectivity index (χ2n) is 5.18. The fourth-order valence-electron chi connectivity index (χ4n) is 1.77. The fourth-order valence-corrected chi connectivity index (χ4v) is 1.77. The molecule has 86 valence electrons. The van der Waals surface area contributed by atoms with Gasteiger partial charge in [0.05, 0.1) is 16.8 Å². The van der Waals surface area contributed by atoms with Crippen molar-refractivity contribution < 1.29 is 0 Å². The molecule has 2 rings (SSSR count). The second-order valence-corrected chi connectivity index (χ2v) is 5.18. The predicted octanol–water partition coefficient (Wildman–Crippen LogP) is 2.99. The Labute approximate surface area is 101 Å². The van der Waals surface area contributed by atoms with Crippen molar-refractivity contribution in [2.75, 3.05) is 5.73 Å². The molecule has 0 saturated heterocycles. The average molecular weight is 225 g/mol. The molecule has 3 heteroatoms. The number of nitrogens with two attached hydrogens (primary N) is 1. The Hall–Kier alpha value is -2.08. The van der Waals surface area contributed by atoms with Gasteiger partial charge in [0.15, 0.2) is 0 Å². The van der Waals surface area contributed by atoms with Gasteiger partial charge in [-0.3, -0.25) is 4.98 Å². The Bertz CT molecular complexity index is 616. The SMILES string of the molecule is CC(C)(C)c1ccc2ncc(C#N)c(N)c2c1. The molecule has 0 bridgehead atoms. The summed E-state index contributed by atoms with van der Waals surface area (Å²) in [5.74, 6) is 0. The maximum atomic E-state index is 8.94. The van der Waals surface area contributed by atoms with Gasteiger partial charge >= 0.3 is 0 Å². The smallest absolute Gasteiger partial charge is 0.103 e. The molecule has 0 unspecified atom stereocenters. The molecule has 0 fully saturated rings. The summed E-state index contributed by atoms with van der Waals surface area (Å²) in [5.41, 5.74) is 9.01. The van der Waals surface area contributed by atoms with Gasteiger partial charge in [0.25, 0.3) is 0 Å². The van der Waals surface area contributed by atoms with Gasteiger partial charge in [0, 0.05) is 11.6 Å². The number of rotatable bonds is 0. The maximum absolute atomic E-state index is 8.94. The molecule has 0 amide bonds. The van der Waals surface area contributed by atoms with Crippen molar-refractivity contribution in [1.82, 2.24) is 4.98 Å². The van der Waals surface area contributed by atoms with Gasteiger partial charge in [-0.2, -0.15) is 5.26 Å². The number of nitrogen functional groups attached to an aromatic ring is 1. The third-order valence-electron chi connectivity index (χ3n) is 2.90. The van der Waals surface area contributed by atoms with Crippen molar-refractivity contribution in [1.29, 1.82) is 5.26 Å². The minimum absolute atomic E-state index is 0.0588. The molecular weight excluding hydrogens is 210 g/mol. The zero-order valence-electron chi connectivity index (χ0n) is 10.3. The van der Waals surface area contributed by atoms with Crippen molar-refractivity contribution in [3.63, 3.8) is 0 Å². The van der Waals surface area contributed by atoms with Crippen molar-refractivity contribution in [3.05, 3.63) is 35.5 Å². The molecule has 3 nitrogen and oxygen atoms in total. The largest absolute Gasteiger partial charge is 0.397 e. The number of nitriles is 1. The Balaban J connectivity index is 2.76. The van der Waals surface area contributed by atoms with Gasteiger partial charge in [0.2, 0.25) is 0 Å². The predicted molar refractivity (Wildman–Crippen MR) is 69.6 cm³/mol. The molecular formula is C14H15N3. The van der Waals surface area contributed by atoms with E-state index >= 15 is 0 Å². The molecule has 2 N–H and O–H groups in total. The van der Waals surface area contributed by atoms with Crippen LogP contribution in [0.3, 0.4) is 0 Å². The van der Waals surface area contributed by atoms with E-state index in [2.05, 4.69) is 37.9 Å². The third kappa shape index (κ3) is 1.94. The molecule has 0 saturated carbocycles. The van der Waals surface area contributed by atoms with E-state index in [-0.39, 0.29) is 5.41 Å². The number of anilines is 1. The van der Waals surface area contributed by atoms with Crippen LogP contribution in [0, 0.1) is 11.3 Å². The highest BCUT2D eigenvalue weighted by molar-refractivity contribution is 5.93. The van der Waals surface area contributed by atoms with E-state index in [0.29, 0.717) is 11.3 Å². The highest BCUT2D eigenvalue weighted by Crippen LogP contribution is 2.29. The lowest BCUT2D eigenvalue weighted by molar-refractivity contribution is 0.591. The van der Waals surface area contributed by atoms with Gasteiger partial charge in [-0.1, -0.05) is 26.8 Å². The van der Waals surface area contributed by atoms with E-state index in [9.17, 15) is 0 Å². The van der Waals surface area contributed by atoms with Crippen LogP contribution in [0.4, 0.5) is 5.69 Å². The average Bonchev–Trinajstić information content (AvgIpc) is 2.28. The van der Waals surface area contributed by atoms with Crippen LogP contribution in [0.1, 0.15) is 31.9 Å². The van der Waals surface area contributed by atoms with Crippen LogP contribution < -0.4 is 5.73 Å². The van der Waals surface area contributed by atoms with Crippen molar-refractivity contribution in [2.45, 2.75) is 26.2 Å². The number of hydrogen-bond acceptors (Lipinski definition) is 3. The monoisotopic (exact) mass is 225 g/mol. The molecule has 1 aromatic carbocycles. The van der Waals surface area contributed by atoms with Crippen LogP contribution in [0.5, 0.6) is 0 Å². The first-order chi connectivity index (χ1) is 7.93. The quantitative estimate of drug-likeness (QED) is 0.749. The molecule has 1 heterocycles. The molecule has 2 aromatic rings. The molecule has 17 heavy (non-hydrogen) atoms. The fraction of sp³-hybridized carbons (Fsp3) is 0.286. The maximum Gasteiger partial charge on any atom is 0.103 e. The minimum Gasteiger partial charge on any atom is -0.397 e. The molecule has 0 atom stereocenters. The first-order valence-corrected chi connectivity index (χ1v) is 5.52. The zero-order valence-corrected chi connectivity index (χ0v) is 10.3. The van der Waals surface area contributed by atoms with E-state index in [1.54, 1.807) is 0 Å². The summed E-state index contributed by atoms with van der Waals surface area (Å²) >= 11 is 0. The standard InChI is InChI=1S/C14H15N3/c1-14(2,3)10-4-5-12-11(6-10)13(16)9(7-15)8-17-12/h4-6,8H,1-3H3,(H2,16,17). The van der Waals surface area contributed by atoms with Crippen LogP contribution in [0.2, 0.25) is 0 Å². The number of pyridine rings is 1. The Kier molecular flexibility index (Phi) is 2.51. The summed E-state index contributed by atoms with van der Waals surface area (Å²) in [5, 5.41) is 9.79. The van der Waals surface area contributed by atoms with Crippen LogP contribution in [-0.4, -0.2) is 4.98 Å². The van der Waals surface area contributed by atoms with Crippen LogP contribution in [-0.2, 0) is 5.41 Å². The number of fused-ring (bicyclic) bond motifs is 1. The topological polar surface area (TPSA) is 62.7 Å². The van der Waals surface area contributed by atoms with E-state index < -0.39 is 0 Å². The second kappa shape index (κ2) is 3.74. The van der Waals surface area contributed by atoms with Crippen LogP contribution in [0.25, 0.3) is 10.9 Å².